The van der Waals surface area contributed by atoms with Crippen molar-refractivity contribution < 1.29 is 9.26 Å². The summed E-state index contributed by atoms with van der Waals surface area (Å²) in [5.41, 5.74) is 2.79. The first-order valence-corrected chi connectivity index (χ1v) is 6.69. The van der Waals surface area contributed by atoms with Crippen LogP contribution in [-0.4, -0.2) is 11.8 Å². The molecule has 0 N–H and O–H groups in total. The maximum atomic E-state index is 9.40. The predicted molar refractivity (Wildman–Crippen MR) is 75.6 cm³/mol. The lowest BCUT2D eigenvalue weighted by Crippen LogP contribution is -2.03. The molecule has 1 aromatic heterocycles. The van der Waals surface area contributed by atoms with Gasteiger partial charge in [0.25, 0.3) is 0 Å². The summed E-state index contributed by atoms with van der Waals surface area (Å²) in [6.45, 7) is 6.32. The molecule has 2 aromatic rings. The highest BCUT2D eigenvalue weighted by Gasteiger charge is 2.20. The molecular weight excluding hydrogens is 252 g/mol. The topological polar surface area (TPSA) is 59.0 Å². The molecule has 20 heavy (non-hydrogen) atoms. The Morgan fingerprint density at radius 3 is 2.50 bits per heavy atom. The zero-order valence-electron chi connectivity index (χ0n) is 12.0. The largest absolute Gasteiger partial charge is 0.494 e. The van der Waals surface area contributed by atoms with Crippen molar-refractivity contribution in [2.45, 2.75) is 33.1 Å². The highest BCUT2D eigenvalue weighted by molar-refractivity contribution is 5.34. The summed E-state index contributed by atoms with van der Waals surface area (Å²) in [7, 11) is 0. The van der Waals surface area contributed by atoms with E-state index in [2.05, 4.69) is 11.2 Å². The third-order valence-electron chi connectivity index (χ3n) is 3.27. The fraction of sp³-hybridized carbons (Fsp3) is 0.375. The molecule has 1 heterocycles. The molecule has 0 aliphatic carbocycles. The molecule has 0 spiro atoms. The van der Waals surface area contributed by atoms with Crippen LogP contribution in [0, 0.1) is 25.2 Å². The van der Waals surface area contributed by atoms with Crippen LogP contribution in [0.3, 0.4) is 0 Å². The van der Waals surface area contributed by atoms with Crippen molar-refractivity contribution in [2.75, 3.05) is 6.61 Å². The Hall–Kier alpha value is -2.28. The van der Waals surface area contributed by atoms with Crippen LogP contribution in [0.15, 0.2) is 28.8 Å². The van der Waals surface area contributed by atoms with E-state index in [4.69, 9.17) is 9.26 Å². The third kappa shape index (κ3) is 3.00. The van der Waals surface area contributed by atoms with Crippen LogP contribution >= 0.6 is 0 Å². The molecule has 0 bridgehead atoms. The van der Waals surface area contributed by atoms with Gasteiger partial charge in [0.05, 0.1) is 24.3 Å². The second-order valence-corrected chi connectivity index (χ2v) is 4.70. The van der Waals surface area contributed by atoms with Crippen LogP contribution in [0.1, 0.15) is 35.4 Å². The predicted octanol–water partition coefficient (Wildman–Crippen LogP) is 3.54. The van der Waals surface area contributed by atoms with Crippen molar-refractivity contribution in [1.29, 1.82) is 5.26 Å². The molecule has 1 unspecified atom stereocenters. The normalized spacial score (nSPS) is 11.9. The fourth-order valence-corrected chi connectivity index (χ4v) is 2.32. The van der Waals surface area contributed by atoms with Crippen molar-refractivity contribution >= 4 is 0 Å². The highest BCUT2D eigenvalue weighted by atomic mass is 16.5. The summed E-state index contributed by atoms with van der Waals surface area (Å²) in [5.74, 6) is 1.33. The molecule has 0 aliphatic heterocycles. The molecule has 4 nitrogen and oxygen atoms in total. The van der Waals surface area contributed by atoms with Gasteiger partial charge in [-0.15, -0.1) is 0 Å². The van der Waals surface area contributed by atoms with Gasteiger partial charge in [-0.05, 0) is 44.9 Å². The van der Waals surface area contributed by atoms with Gasteiger partial charge in [-0.2, -0.15) is 5.26 Å². The van der Waals surface area contributed by atoms with E-state index in [9.17, 15) is 5.26 Å². The number of rotatable bonds is 5. The Bertz CT molecular complexity index is 589. The van der Waals surface area contributed by atoms with E-state index < -0.39 is 0 Å². The number of hydrogen-bond acceptors (Lipinski definition) is 4. The van der Waals surface area contributed by atoms with Crippen LogP contribution in [0.4, 0.5) is 0 Å². The Morgan fingerprint density at radius 1 is 1.30 bits per heavy atom. The van der Waals surface area contributed by atoms with Gasteiger partial charge < -0.3 is 9.26 Å². The number of nitriles is 1. The lowest BCUT2D eigenvalue weighted by Gasteiger charge is -2.10. The number of hydrogen-bond donors (Lipinski definition) is 0. The molecule has 4 heteroatoms. The maximum absolute atomic E-state index is 9.40. The standard InChI is InChI=1S/C16H18N2O2/c1-4-19-15-7-5-13(6-8-15)9-14(10-17)16-11(2)18-20-12(16)3/h5-8,14H,4,9H2,1-3H3. The summed E-state index contributed by atoms with van der Waals surface area (Å²) < 4.78 is 10.6. The minimum Gasteiger partial charge on any atom is -0.494 e. The average Bonchev–Trinajstić information content (AvgIpc) is 2.78. The van der Waals surface area contributed by atoms with E-state index >= 15 is 0 Å². The van der Waals surface area contributed by atoms with E-state index in [0.717, 1.165) is 28.3 Å². The summed E-state index contributed by atoms with van der Waals surface area (Å²) in [6.07, 6.45) is 0.645. The second kappa shape index (κ2) is 6.25. The molecule has 0 fully saturated rings. The third-order valence-corrected chi connectivity index (χ3v) is 3.27. The van der Waals surface area contributed by atoms with E-state index in [1.54, 1.807) is 0 Å². The Kier molecular flexibility index (Phi) is 4.41. The van der Waals surface area contributed by atoms with Gasteiger partial charge in [-0.1, -0.05) is 17.3 Å². The van der Waals surface area contributed by atoms with Crippen LogP contribution in [0.2, 0.25) is 0 Å². The molecule has 104 valence electrons. The molecule has 0 aliphatic rings. The van der Waals surface area contributed by atoms with E-state index in [-0.39, 0.29) is 5.92 Å². The summed E-state index contributed by atoms with van der Waals surface area (Å²) in [4.78, 5) is 0. The monoisotopic (exact) mass is 270 g/mol. The van der Waals surface area contributed by atoms with Crippen LogP contribution in [0.5, 0.6) is 5.75 Å². The minimum atomic E-state index is -0.237. The number of nitrogens with zero attached hydrogens (tertiary/aromatic N) is 2. The fourth-order valence-electron chi connectivity index (χ4n) is 2.32. The van der Waals surface area contributed by atoms with Crippen molar-refractivity contribution in [1.82, 2.24) is 5.16 Å². The van der Waals surface area contributed by atoms with Gasteiger partial charge in [0.1, 0.15) is 11.5 Å². The zero-order valence-corrected chi connectivity index (χ0v) is 12.0. The number of benzene rings is 1. The smallest absolute Gasteiger partial charge is 0.138 e. The van der Waals surface area contributed by atoms with Crippen LogP contribution < -0.4 is 4.74 Å². The maximum Gasteiger partial charge on any atom is 0.138 e. The first kappa shape index (κ1) is 14.1. The van der Waals surface area contributed by atoms with Gasteiger partial charge >= 0.3 is 0 Å². The first-order chi connectivity index (χ1) is 9.65. The first-order valence-electron chi connectivity index (χ1n) is 6.69. The molecule has 0 radical (unpaired) electrons. The lowest BCUT2D eigenvalue weighted by atomic mass is 9.92. The quantitative estimate of drug-likeness (QED) is 0.833. The van der Waals surface area contributed by atoms with Crippen molar-refractivity contribution in [3.8, 4) is 11.8 Å². The van der Waals surface area contributed by atoms with E-state index in [0.29, 0.717) is 13.0 Å². The molecular formula is C16H18N2O2. The Labute approximate surface area is 119 Å². The van der Waals surface area contributed by atoms with Crippen molar-refractivity contribution in [3.63, 3.8) is 0 Å². The zero-order chi connectivity index (χ0) is 14.5. The Balaban J connectivity index is 2.17. The lowest BCUT2D eigenvalue weighted by molar-refractivity contribution is 0.340. The molecule has 1 aromatic carbocycles. The van der Waals surface area contributed by atoms with E-state index in [1.807, 2.05) is 45.0 Å². The molecule has 0 saturated heterocycles. The van der Waals surface area contributed by atoms with Gasteiger partial charge in [-0.3, -0.25) is 0 Å². The molecule has 0 saturated carbocycles. The van der Waals surface area contributed by atoms with Crippen LogP contribution in [-0.2, 0) is 6.42 Å². The van der Waals surface area contributed by atoms with Gasteiger partial charge in [-0.25, -0.2) is 0 Å². The summed E-state index contributed by atoms with van der Waals surface area (Å²) in [5, 5.41) is 13.3. The summed E-state index contributed by atoms with van der Waals surface area (Å²) >= 11 is 0. The number of aromatic nitrogens is 1. The minimum absolute atomic E-state index is 0.237. The second-order valence-electron chi connectivity index (χ2n) is 4.70. The van der Waals surface area contributed by atoms with Gasteiger partial charge in [0.15, 0.2) is 0 Å². The molecule has 1 atom stereocenters. The van der Waals surface area contributed by atoms with Crippen LogP contribution in [0.25, 0.3) is 0 Å². The van der Waals surface area contributed by atoms with Crippen molar-refractivity contribution in [2.24, 2.45) is 0 Å². The summed E-state index contributed by atoms with van der Waals surface area (Å²) in [6, 6.07) is 10.2. The van der Waals surface area contributed by atoms with Gasteiger partial charge in [0, 0.05) is 5.56 Å². The van der Waals surface area contributed by atoms with Gasteiger partial charge in [0.2, 0.25) is 0 Å². The SMILES string of the molecule is CCOc1ccc(CC(C#N)c2c(C)noc2C)cc1. The number of aryl methyl sites for hydroxylation is 2. The molecule has 2 rings (SSSR count). The Morgan fingerprint density at radius 2 is 2.00 bits per heavy atom. The average molecular weight is 270 g/mol. The van der Waals surface area contributed by atoms with Crippen molar-refractivity contribution in [3.05, 3.63) is 46.8 Å². The molecule has 0 amide bonds. The highest BCUT2D eigenvalue weighted by Crippen LogP contribution is 2.27. The number of ether oxygens (including phenoxy) is 1. The van der Waals surface area contributed by atoms with E-state index in [1.165, 1.54) is 0 Å².